The molecule has 7 nitrogen and oxygen atoms in total. The number of ketones is 1. The molecule has 7 heteroatoms. The van der Waals surface area contributed by atoms with E-state index in [2.05, 4.69) is 15.6 Å². The molecule has 2 amide bonds. The molecule has 3 rings (SSSR count). The first-order valence-corrected chi connectivity index (χ1v) is 8.33. The zero-order valence-electron chi connectivity index (χ0n) is 15.2. The smallest absolute Gasteiger partial charge is 0.291 e. The molecule has 0 atom stereocenters. The predicted molar refractivity (Wildman–Crippen MR) is 101 cm³/mol. The Morgan fingerprint density at radius 2 is 1.63 bits per heavy atom. The fraction of sp³-hybridized carbons (Fsp3) is 0.150. The molecular formula is C20H19N3O4. The molecule has 1 aromatic carbocycles. The largest absolute Gasteiger partial charge is 0.459 e. The molecule has 0 unspecified atom stereocenters. The monoisotopic (exact) mass is 365 g/mol. The summed E-state index contributed by atoms with van der Waals surface area (Å²) in [7, 11) is 0. The van der Waals surface area contributed by atoms with Crippen LogP contribution in [0, 0.1) is 13.8 Å². The number of hydrogen-bond donors (Lipinski definition) is 3. The Morgan fingerprint density at radius 1 is 0.963 bits per heavy atom. The third-order valence-electron chi connectivity index (χ3n) is 4.14. The topological polar surface area (TPSA) is 104 Å². The van der Waals surface area contributed by atoms with Crippen molar-refractivity contribution in [2.24, 2.45) is 0 Å². The maximum atomic E-state index is 12.6. The highest BCUT2D eigenvalue weighted by Crippen LogP contribution is 2.21. The molecule has 0 aliphatic rings. The van der Waals surface area contributed by atoms with E-state index >= 15 is 0 Å². The second-order valence-corrected chi connectivity index (χ2v) is 6.15. The third-order valence-corrected chi connectivity index (χ3v) is 4.14. The molecule has 0 aliphatic heterocycles. The molecule has 0 aliphatic carbocycles. The Labute approximate surface area is 155 Å². The number of aryl methyl sites for hydroxylation is 1. The van der Waals surface area contributed by atoms with E-state index in [0.717, 1.165) is 0 Å². The lowest BCUT2D eigenvalue weighted by atomic mass is 10.1. The van der Waals surface area contributed by atoms with Gasteiger partial charge in [0.25, 0.3) is 11.8 Å². The van der Waals surface area contributed by atoms with Gasteiger partial charge in [-0.15, -0.1) is 0 Å². The maximum Gasteiger partial charge on any atom is 0.291 e. The van der Waals surface area contributed by atoms with Crippen LogP contribution < -0.4 is 10.6 Å². The van der Waals surface area contributed by atoms with Gasteiger partial charge in [-0.05, 0) is 56.7 Å². The van der Waals surface area contributed by atoms with Crippen LogP contribution in [0.3, 0.4) is 0 Å². The highest BCUT2D eigenvalue weighted by Gasteiger charge is 2.20. The van der Waals surface area contributed by atoms with Gasteiger partial charge in [-0.1, -0.05) is 6.07 Å². The van der Waals surface area contributed by atoms with E-state index in [-0.39, 0.29) is 23.4 Å². The van der Waals surface area contributed by atoms with Crippen molar-refractivity contribution in [2.75, 3.05) is 10.6 Å². The number of carbonyl (C=O) groups excluding carboxylic acids is 3. The summed E-state index contributed by atoms with van der Waals surface area (Å²) in [4.78, 5) is 39.3. The number of furan rings is 1. The summed E-state index contributed by atoms with van der Waals surface area (Å²) in [5.74, 6) is -0.648. The number of rotatable bonds is 5. The number of benzene rings is 1. The predicted octanol–water partition coefficient (Wildman–Crippen LogP) is 3.93. The first-order valence-electron chi connectivity index (χ1n) is 8.33. The van der Waals surface area contributed by atoms with Gasteiger partial charge in [-0.2, -0.15) is 0 Å². The van der Waals surface area contributed by atoms with Gasteiger partial charge < -0.3 is 20.0 Å². The lowest BCUT2D eigenvalue weighted by Crippen LogP contribution is -2.15. The van der Waals surface area contributed by atoms with Crippen LogP contribution >= 0.6 is 0 Å². The van der Waals surface area contributed by atoms with Gasteiger partial charge in [0.2, 0.25) is 0 Å². The zero-order valence-corrected chi connectivity index (χ0v) is 15.2. The Bertz CT molecular complexity index is 1020. The van der Waals surface area contributed by atoms with E-state index < -0.39 is 0 Å². The number of aromatic amines is 1. The van der Waals surface area contributed by atoms with E-state index in [9.17, 15) is 14.4 Å². The molecule has 138 valence electrons. The second-order valence-electron chi connectivity index (χ2n) is 6.15. The van der Waals surface area contributed by atoms with Crippen LogP contribution in [0.25, 0.3) is 0 Å². The normalized spacial score (nSPS) is 10.5. The van der Waals surface area contributed by atoms with Crippen molar-refractivity contribution in [3.05, 3.63) is 70.9 Å². The Kier molecular flexibility index (Phi) is 4.94. The summed E-state index contributed by atoms with van der Waals surface area (Å²) in [6.07, 6.45) is 1.42. The van der Waals surface area contributed by atoms with Crippen molar-refractivity contribution < 1.29 is 18.8 Å². The van der Waals surface area contributed by atoms with Crippen molar-refractivity contribution >= 4 is 29.0 Å². The molecule has 27 heavy (non-hydrogen) atoms. The van der Waals surface area contributed by atoms with Gasteiger partial charge in [0, 0.05) is 22.6 Å². The number of amides is 2. The first kappa shape index (κ1) is 18.2. The van der Waals surface area contributed by atoms with Crippen molar-refractivity contribution in [3.8, 4) is 0 Å². The van der Waals surface area contributed by atoms with Crippen LogP contribution in [0.1, 0.15) is 49.6 Å². The van der Waals surface area contributed by atoms with E-state index in [4.69, 9.17) is 4.42 Å². The Hall–Kier alpha value is -3.61. The summed E-state index contributed by atoms with van der Waals surface area (Å²) < 4.78 is 5.05. The van der Waals surface area contributed by atoms with E-state index in [1.54, 1.807) is 50.2 Å². The zero-order chi connectivity index (χ0) is 19.6. The summed E-state index contributed by atoms with van der Waals surface area (Å²) in [6, 6.07) is 9.94. The molecule has 0 bridgehead atoms. The Morgan fingerprint density at radius 3 is 2.19 bits per heavy atom. The molecule has 3 aromatic rings. The van der Waals surface area contributed by atoms with Gasteiger partial charge in [-0.3, -0.25) is 14.4 Å². The second kappa shape index (κ2) is 7.33. The van der Waals surface area contributed by atoms with E-state index in [1.807, 2.05) is 0 Å². The number of H-pyrrole nitrogens is 1. The number of Topliss-reactive ketones (excluding diaryl/α,β-unsaturated/α-hetero) is 1. The number of anilines is 2. The van der Waals surface area contributed by atoms with E-state index in [0.29, 0.717) is 33.9 Å². The van der Waals surface area contributed by atoms with Crippen molar-refractivity contribution in [1.82, 2.24) is 4.98 Å². The molecule has 2 heterocycles. The molecule has 0 radical (unpaired) electrons. The standard InChI is InChI=1S/C20H19N3O4/c1-11-17(13(3)24)12(2)21-18(11)20(26)23-15-7-4-6-14(10-15)22-19(25)16-8-5-9-27-16/h4-10,21H,1-3H3,(H,22,25)(H,23,26). The van der Waals surface area contributed by atoms with Crippen molar-refractivity contribution in [2.45, 2.75) is 20.8 Å². The summed E-state index contributed by atoms with van der Waals surface area (Å²) >= 11 is 0. The van der Waals surface area contributed by atoms with Gasteiger partial charge in [0.1, 0.15) is 5.69 Å². The highest BCUT2D eigenvalue weighted by atomic mass is 16.3. The van der Waals surface area contributed by atoms with Crippen LogP contribution in [0.4, 0.5) is 11.4 Å². The van der Waals surface area contributed by atoms with Gasteiger partial charge >= 0.3 is 0 Å². The lowest BCUT2D eigenvalue weighted by molar-refractivity contribution is 0.0992. The number of carbonyl (C=O) groups is 3. The molecule has 0 spiro atoms. The van der Waals surface area contributed by atoms with Crippen LogP contribution in [0.2, 0.25) is 0 Å². The molecule has 2 aromatic heterocycles. The molecular weight excluding hydrogens is 346 g/mol. The van der Waals surface area contributed by atoms with Crippen molar-refractivity contribution in [1.29, 1.82) is 0 Å². The maximum absolute atomic E-state index is 12.6. The fourth-order valence-corrected chi connectivity index (χ4v) is 2.97. The quantitative estimate of drug-likeness (QED) is 0.596. The number of aromatic nitrogens is 1. The van der Waals surface area contributed by atoms with Gasteiger partial charge in [-0.25, -0.2) is 0 Å². The fourth-order valence-electron chi connectivity index (χ4n) is 2.97. The van der Waals surface area contributed by atoms with E-state index in [1.165, 1.54) is 13.2 Å². The van der Waals surface area contributed by atoms with Crippen LogP contribution in [0.15, 0.2) is 47.1 Å². The third kappa shape index (κ3) is 3.82. The number of nitrogens with one attached hydrogen (secondary N) is 3. The first-order chi connectivity index (χ1) is 12.9. The average molecular weight is 365 g/mol. The summed E-state index contributed by atoms with van der Waals surface area (Å²) in [6.45, 7) is 4.95. The van der Waals surface area contributed by atoms with Gasteiger partial charge in [0.05, 0.1) is 6.26 Å². The minimum absolute atomic E-state index is 0.0945. The van der Waals surface area contributed by atoms with Crippen LogP contribution in [0.5, 0.6) is 0 Å². The SMILES string of the molecule is CC(=O)c1c(C)[nH]c(C(=O)Nc2cccc(NC(=O)c3ccco3)c2)c1C. The molecule has 0 saturated heterocycles. The van der Waals surface area contributed by atoms with Gasteiger partial charge in [0.15, 0.2) is 11.5 Å². The minimum atomic E-state index is -0.384. The molecule has 0 saturated carbocycles. The summed E-state index contributed by atoms with van der Waals surface area (Å²) in [5.41, 5.74) is 3.15. The van der Waals surface area contributed by atoms with Crippen LogP contribution in [-0.2, 0) is 0 Å². The lowest BCUT2D eigenvalue weighted by Gasteiger charge is -2.08. The number of hydrogen-bond acceptors (Lipinski definition) is 4. The van der Waals surface area contributed by atoms with Crippen molar-refractivity contribution in [3.63, 3.8) is 0 Å². The molecule has 3 N–H and O–H groups in total. The molecule has 0 fully saturated rings. The average Bonchev–Trinajstić information content (AvgIpc) is 3.23. The Balaban J connectivity index is 1.76. The van der Waals surface area contributed by atoms with Crippen LogP contribution in [-0.4, -0.2) is 22.6 Å². The summed E-state index contributed by atoms with van der Waals surface area (Å²) in [5, 5.41) is 5.47. The minimum Gasteiger partial charge on any atom is -0.459 e. The highest BCUT2D eigenvalue weighted by molar-refractivity contribution is 6.08.